The van der Waals surface area contributed by atoms with Crippen LogP contribution in [0.5, 0.6) is 11.5 Å². The number of aromatic nitrogens is 4. The Bertz CT molecular complexity index is 1590. The third-order valence-corrected chi connectivity index (χ3v) is 7.68. The molecule has 0 spiro atoms. The fraction of sp³-hybridized carbons (Fsp3) is 0.235. The molecule has 6 rings (SSSR count). The summed E-state index contributed by atoms with van der Waals surface area (Å²) in [5.74, 6) is 1.76. The van der Waals surface area contributed by atoms with Crippen LogP contribution in [-0.4, -0.2) is 23.4 Å². The first-order chi connectivity index (χ1) is 19.7. The largest absolute Gasteiger partial charge is 0.497 e. The minimum atomic E-state index is 0.878. The van der Waals surface area contributed by atoms with Gasteiger partial charge >= 0.3 is 0 Å². The maximum Gasteiger partial charge on any atom is 0.286 e. The number of rotatable bonds is 11. The number of nitrogens with zero attached hydrogens (tertiary/aromatic N) is 4. The van der Waals surface area contributed by atoms with Crippen LogP contribution in [0.1, 0.15) is 25.7 Å². The first kappa shape index (κ1) is 25.7. The lowest BCUT2D eigenvalue weighted by atomic mass is 10.1. The molecule has 0 amide bonds. The highest BCUT2D eigenvalue weighted by Gasteiger charge is 2.20. The molecule has 0 saturated heterocycles. The van der Waals surface area contributed by atoms with Gasteiger partial charge in [0, 0.05) is 23.3 Å². The molecule has 0 atom stereocenters. The fourth-order valence-electron chi connectivity index (χ4n) is 5.57. The lowest BCUT2D eigenvalue weighted by molar-refractivity contribution is -0.510. The number of unbranched alkanes of at least 4 members (excludes halogenated alkanes) is 3. The van der Waals surface area contributed by atoms with Gasteiger partial charge in [0.2, 0.25) is 0 Å². The molecule has 6 aromatic rings. The van der Waals surface area contributed by atoms with E-state index in [1.54, 1.807) is 14.2 Å². The zero-order chi connectivity index (χ0) is 27.3. The molecule has 4 heterocycles. The summed E-state index contributed by atoms with van der Waals surface area (Å²) in [6.07, 6.45) is 13.3. The summed E-state index contributed by atoms with van der Waals surface area (Å²) in [4.78, 5) is 0. The maximum atomic E-state index is 5.37. The fourth-order valence-corrected chi connectivity index (χ4v) is 5.57. The molecule has 0 aliphatic carbocycles. The number of pyridine rings is 2. The van der Waals surface area contributed by atoms with E-state index in [4.69, 9.17) is 9.47 Å². The van der Waals surface area contributed by atoms with Crippen molar-refractivity contribution in [2.24, 2.45) is 0 Å². The van der Waals surface area contributed by atoms with Crippen LogP contribution in [0.15, 0.2) is 110 Å². The Morgan fingerprint density at radius 2 is 0.950 bits per heavy atom. The third-order valence-electron chi connectivity index (χ3n) is 7.68. The van der Waals surface area contributed by atoms with Gasteiger partial charge in [-0.1, -0.05) is 12.1 Å². The van der Waals surface area contributed by atoms with E-state index in [0.29, 0.717) is 0 Å². The Hall–Kier alpha value is -4.58. The van der Waals surface area contributed by atoms with E-state index in [-0.39, 0.29) is 0 Å². The highest BCUT2D eigenvalue weighted by Crippen LogP contribution is 2.26. The number of methoxy groups -OCH3 is 2. The molecule has 0 fully saturated rings. The quantitative estimate of drug-likeness (QED) is 0.143. The molecule has 40 heavy (non-hydrogen) atoms. The topological polar surface area (TPSA) is 36.5 Å². The number of benzene rings is 2. The third kappa shape index (κ3) is 5.17. The summed E-state index contributed by atoms with van der Waals surface area (Å²) in [5, 5.41) is 0. The van der Waals surface area contributed by atoms with Crippen molar-refractivity contribution in [3.8, 4) is 34.0 Å². The molecule has 0 bridgehead atoms. The van der Waals surface area contributed by atoms with E-state index in [1.807, 2.05) is 24.3 Å². The molecule has 0 saturated carbocycles. The van der Waals surface area contributed by atoms with Gasteiger partial charge in [-0.2, -0.15) is 0 Å². The molecule has 0 N–H and O–H groups in total. The Morgan fingerprint density at radius 1 is 0.525 bits per heavy atom. The van der Waals surface area contributed by atoms with E-state index in [2.05, 4.69) is 103 Å². The second-order valence-corrected chi connectivity index (χ2v) is 10.1. The van der Waals surface area contributed by atoms with Crippen molar-refractivity contribution in [2.75, 3.05) is 14.2 Å². The van der Waals surface area contributed by atoms with E-state index in [0.717, 1.165) is 37.4 Å². The van der Waals surface area contributed by atoms with Gasteiger partial charge < -0.3 is 9.47 Å². The summed E-state index contributed by atoms with van der Waals surface area (Å²) in [6, 6.07) is 29.5. The standard InChI is InChI=1S/C34H36N4O2/c1-39-29-17-13-27(14-18-29)31-25-35-21-9-5-11-33(35)37(31)23-7-3-4-8-24-38-32(26-36-22-10-6-12-34(36)38)28-15-19-30(40-2)20-16-28/h5-6,9-22,25-26H,3-4,7-8,23-24H2,1-2H3/q+2. The van der Waals surface area contributed by atoms with Gasteiger partial charge in [-0.25, -0.2) is 17.9 Å². The molecule has 6 heteroatoms. The molecule has 4 aromatic heterocycles. The van der Waals surface area contributed by atoms with Crippen molar-refractivity contribution in [1.29, 1.82) is 0 Å². The molecule has 202 valence electrons. The number of imidazole rings is 2. The predicted molar refractivity (Wildman–Crippen MR) is 158 cm³/mol. The molecular weight excluding hydrogens is 496 g/mol. The summed E-state index contributed by atoms with van der Waals surface area (Å²) in [6.45, 7) is 1.97. The minimum Gasteiger partial charge on any atom is -0.497 e. The van der Waals surface area contributed by atoms with Crippen molar-refractivity contribution in [3.05, 3.63) is 110 Å². The van der Waals surface area contributed by atoms with Crippen molar-refractivity contribution in [1.82, 2.24) is 9.13 Å². The van der Waals surface area contributed by atoms with Gasteiger partial charge in [0.25, 0.3) is 11.3 Å². The molecule has 2 aromatic carbocycles. The summed E-state index contributed by atoms with van der Waals surface area (Å²) >= 11 is 0. The van der Waals surface area contributed by atoms with Crippen molar-refractivity contribution < 1.29 is 18.3 Å². The zero-order valence-electron chi connectivity index (χ0n) is 23.2. The first-order valence-electron chi connectivity index (χ1n) is 14.0. The Morgan fingerprint density at radius 3 is 1.35 bits per heavy atom. The zero-order valence-corrected chi connectivity index (χ0v) is 23.2. The van der Waals surface area contributed by atoms with Gasteiger partial charge in [0.1, 0.15) is 23.9 Å². The molecule has 0 aliphatic heterocycles. The summed E-state index contributed by atoms with van der Waals surface area (Å²) < 4.78 is 20.1. The van der Waals surface area contributed by atoms with Crippen LogP contribution in [0, 0.1) is 0 Å². The summed E-state index contributed by atoms with van der Waals surface area (Å²) in [5.41, 5.74) is 7.30. The SMILES string of the molecule is COc1ccc(-c2c[n+]3ccccc3n2CCCCCCn2c(-c3ccc(OC)cc3)c[n+]3ccccc23)cc1. The minimum absolute atomic E-state index is 0.878. The van der Waals surface area contributed by atoms with Gasteiger partial charge in [-0.05, 0) is 86.3 Å². The van der Waals surface area contributed by atoms with E-state index >= 15 is 0 Å². The number of hydrogen-bond donors (Lipinski definition) is 0. The van der Waals surface area contributed by atoms with Crippen LogP contribution in [0.3, 0.4) is 0 Å². The van der Waals surface area contributed by atoms with Gasteiger partial charge in [0.15, 0.2) is 11.4 Å². The first-order valence-corrected chi connectivity index (χ1v) is 14.0. The predicted octanol–water partition coefficient (Wildman–Crippen LogP) is 6.38. The molecule has 0 aliphatic rings. The summed E-state index contributed by atoms with van der Waals surface area (Å²) in [7, 11) is 3.42. The maximum absolute atomic E-state index is 5.37. The Kier molecular flexibility index (Phi) is 7.49. The van der Waals surface area contributed by atoms with Gasteiger partial charge in [0.05, 0.1) is 39.7 Å². The van der Waals surface area contributed by atoms with Crippen LogP contribution in [0.25, 0.3) is 33.8 Å². The van der Waals surface area contributed by atoms with Crippen LogP contribution in [-0.2, 0) is 13.1 Å². The number of aryl methyl sites for hydroxylation is 2. The van der Waals surface area contributed by atoms with Gasteiger partial charge in [-0.15, -0.1) is 0 Å². The van der Waals surface area contributed by atoms with Crippen LogP contribution < -0.4 is 18.3 Å². The van der Waals surface area contributed by atoms with E-state index in [9.17, 15) is 0 Å². The van der Waals surface area contributed by atoms with Crippen molar-refractivity contribution >= 4 is 11.3 Å². The Labute approximate surface area is 235 Å². The van der Waals surface area contributed by atoms with Crippen LogP contribution in [0.4, 0.5) is 0 Å². The lowest BCUT2D eigenvalue weighted by Crippen LogP contribution is -2.18. The molecule has 0 radical (unpaired) electrons. The van der Waals surface area contributed by atoms with Gasteiger partial charge in [-0.3, -0.25) is 0 Å². The van der Waals surface area contributed by atoms with Crippen molar-refractivity contribution in [2.45, 2.75) is 38.8 Å². The normalized spacial score (nSPS) is 11.3. The molecule has 0 unspecified atom stereocenters. The second kappa shape index (κ2) is 11.7. The lowest BCUT2D eigenvalue weighted by Gasteiger charge is -2.06. The molecule has 6 nitrogen and oxygen atoms in total. The number of ether oxygens (including phenoxy) is 2. The Balaban J connectivity index is 1.13. The smallest absolute Gasteiger partial charge is 0.286 e. The number of hydrogen-bond acceptors (Lipinski definition) is 2. The average Bonchev–Trinajstić information content (AvgIpc) is 3.57. The number of fused-ring (bicyclic) bond motifs is 2. The average molecular weight is 533 g/mol. The van der Waals surface area contributed by atoms with E-state index in [1.165, 1.54) is 46.7 Å². The molecular formula is C34H36N4O2+2. The monoisotopic (exact) mass is 532 g/mol. The highest BCUT2D eigenvalue weighted by molar-refractivity contribution is 5.63. The van der Waals surface area contributed by atoms with E-state index < -0.39 is 0 Å². The van der Waals surface area contributed by atoms with Crippen LogP contribution in [0.2, 0.25) is 0 Å². The van der Waals surface area contributed by atoms with Crippen LogP contribution >= 0.6 is 0 Å². The second-order valence-electron chi connectivity index (χ2n) is 10.1. The highest BCUT2D eigenvalue weighted by atomic mass is 16.5. The van der Waals surface area contributed by atoms with Crippen molar-refractivity contribution in [3.63, 3.8) is 0 Å².